The summed E-state index contributed by atoms with van der Waals surface area (Å²) in [5.74, 6) is 1.63. The molecule has 0 aliphatic carbocycles. The second-order valence-corrected chi connectivity index (χ2v) is 8.73. The minimum atomic E-state index is -0.118. The minimum Gasteiger partial charge on any atom is -0.489 e. The molecule has 0 radical (unpaired) electrons. The first-order chi connectivity index (χ1) is 15.9. The topological polar surface area (TPSA) is 70.5 Å². The van der Waals surface area contributed by atoms with Crippen molar-refractivity contribution < 1.29 is 9.47 Å². The fourth-order valence-corrected chi connectivity index (χ4v) is 3.66. The van der Waals surface area contributed by atoms with Crippen molar-refractivity contribution in [2.24, 2.45) is 0 Å². The molecule has 0 amide bonds. The average molecular weight is 439 g/mol. The van der Waals surface area contributed by atoms with Gasteiger partial charge in [0, 0.05) is 16.8 Å². The summed E-state index contributed by atoms with van der Waals surface area (Å²) >= 11 is 0. The molecule has 0 saturated carbocycles. The summed E-state index contributed by atoms with van der Waals surface area (Å²) in [5, 5.41) is 0. The van der Waals surface area contributed by atoms with E-state index in [9.17, 15) is 0 Å². The number of nitrogen functional groups attached to an aromatic ring is 2. The van der Waals surface area contributed by atoms with E-state index in [1.807, 2.05) is 48.5 Å². The highest BCUT2D eigenvalue weighted by Gasteiger charge is 2.23. The van der Waals surface area contributed by atoms with Gasteiger partial charge in [-0.05, 0) is 70.8 Å². The van der Waals surface area contributed by atoms with Crippen LogP contribution < -0.4 is 20.9 Å². The van der Waals surface area contributed by atoms with Gasteiger partial charge < -0.3 is 20.9 Å². The van der Waals surface area contributed by atoms with Crippen LogP contribution in [0, 0.1) is 0 Å². The van der Waals surface area contributed by atoms with E-state index >= 15 is 0 Å². The summed E-state index contributed by atoms with van der Waals surface area (Å²) in [6.45, 7) is 5.53. The third-order valence-corrected chi connectivity index (χ3v) is 5.92. The van der Waals surface area contributed by atoms with Crippen molar-refractivity contribution in [3.05, 3.63) is 119 Å². The average Bonchev–Trinajstić information content (AvgIpc) is 2.84. The van der Waals surface area contributed by atoms with Gasteiger partial charge in [0.15, 0.2) is 0 Å². The molecule has 0 fully saturated rings. The number of nitrogens with two attached hydrogens (primary N) is 2. The Hall–Kier alpha value is -3.92. The zero-order valence-electron chi connectivity index (χ0n) is 19.1. The van der Waals surface area contributed by atoms with E-state index in [4.69, 9.17) is 20.9 Å². The van der Waals surface area contributed by atoms with Crippen molar-refractivity contribution in [3.63, 3.8) is 0 Å². The van der Waals surface area contributed by atoms with Gasteiger partial charge in [-0.25, -0.2) is 0 Å². The van der Waals surface area contributed by atoms with Crippen LogP contribution in [0.15, 0.2) is 97.1 Å². The van der Waals surface area contributed by atoms with E-state index in [2.05, 4.69) is 62.4 Å². The lowest BCUT2D eigenvalue weighted by atomic mass is 9.78. The van der Waals surface area contributed by atoms with E-state index in [0.29, 0.717) is 13.2 Å². The molecule has 0 aromatic heterocycles. The molecule has 0 aliphatic heterocycles. The molecule has 0 atom stereocenters. The van der Waals surface area contributed by atoms with E-state index in [1.54, 1.807) is 0 Å². The molecule has 0 spiro atoms. The number of benzene rings is 4. The molecular formula is C29H30N2O2. The predicted octanol–water partition coefficient (Wildman–Crippen LogP) is 6.33. The maximum Gasteiger partial charge on any atom is 0.119 e. The van der Waals surface area contributed by atoms with Gasteiger partial charge in [0.2, 0.25) is 0 Å². The summed E-state index contributed by atoms with van der Waals surface area (Å²) in [5.41, 5.74) is 17.6. The number of ether oxygens (including phenoxy) is 2. The zero-order chi connectivity index (χ0) is 23.3. The van der Waals surface area contributed by atoms with Crippen LogP contribution in [0.4, 0.5) is 11.4 Å². The van der Waals surface area contributed by atoms with Gasteiger partial charge in [-0.3, -0.25) is 0 Å². The Kier molecular flexibility index (Phi) is 6.55. The largest absolute Gasteiger partial charge is 0.489 e. The number of rotatable bonds is 8. The van der Waals surface area contributed by atoms with Gasteiger partial charge in [0.05, 0.1) is 0 Å². The molecule has 0 aliphatic rings. The van der Waals surface area contributed by atoms with Crippen LogP contribution in [0.5, 0.6) is 11.5 Å². The summed E-state index contributed by atoms with van der Waals surface area (Å²) < 4.78 is 11.7. The number of anilines is 2. The first-order valence-electron chi connectivity index (χ1n) is 11.1. The monoisotopic (exact) mass is 438 g/mol. The van der Waals surface area contributed by atoms with Gasteiger partial charge in [-0.15, -0.1) is 0 Å². The van der Waals surface area contributed by atoms with Gasteiger partial charge in [0.1, 0.15) is 24.7 Å². The Morgan fingerprint density at radius 1 is 0.515 bits per heavy atom. The maximum atomic E-state index is 5.86. The SMILES string of the molecule is CC(C)(c1ccc(COc2ccc(N)cc2)cc1)c1ccc(COc2ccc(N)cc2)cc1. The summed E-state index contributed by atoms with van der Waals surface area (Å²) in [7, 11) is 0. The van der Waals surface area contributed by atoms with Gasteiger partial charge in [0.25, 0.3) is 0 Å². The third kappa shape index (κ3) is 5.66. The Labute approximate surface area is 195 Å². The highest BCUT2D eigenvalue weighted by Crippen LogP contribution is 2.32. The highest BCUT2D eigenvalue weighted by molar-refractivity contribution is 5.43. The quantitative estimate of drug-likeness (QED) is 0.315. The fraction of sp³-hybridized carbons (Fsp3) is 0.172. The molecule has 4 rings (SSSR count). The summed E-state index contributed by atoms with van der Waals surface area (Å²) in [6, 6.07) is 32.2. The molecule has 33 heavy (non-hydrogen) atoms. The molecule has 4 heteroatoms. The lowest BCUT2D eigenvalue weighted by molar-refractivity contribution is 0.306. The van der Waals surface area contributed by atoms with Crippen LogP contribution in [0.1, 0.15) is 36.1 Å². The predicted molar refractivity (Wildman–Crippen MR) is 135 cm³/mol. The first-order valence-corrected chi connectivity index (χ1v) is 11.1. The van der Waals surface area contributed by atoms with E-state index in [-0.39, 0.29) is 5.41 Å². The van der Waals surface area contributed by atoms with Crippen LogP contribution in [-0.2, 0) is 18.6 Å². The second kappa shape index (κ2) is 9.70. The first kappa shape index (κ1) is 22.3. The molecule has 4 aromatic rings. The van der Waals surface area contributed by atoms with Crippen molar-refractivity contribution in [2.45, 2.75) is 32.5 Å². The van der Waals surface area contributed by atoms with Crippen LogP contribution in [-0.4, -0.2) is 0 Å². The van der Waals surface area contributed by atoms with Gasteiger partial charge >= 0.3 is 0 Å². The molecule has 168 valence electrons. The van der Waals surface area contributed by atoms with Gasteiger partial charge in [-0.2, -0.15) is 0 Å². The Morgan fingerprint density at radius 2 is 0.848 bits per heavy atom. The molecule has 0 bridgehead atoms. The Bertz CT molecular complexity index is 1070. The van der Waals surface area contributed by atoms with Crippen LogP contribution in [0.2, 0.25) is 0 Å². The van der Waals surface area contributed by atoms with Crippen molar-refractivity contribution in [1.82, 2.24) is 0 Å². The lowest BCUT2D eigenvalue weighted by Gasteiger charge is -2.26. The molecule has 0 saturated heterocycles. The maximum absolute atomic E-state index is 5.86. The highest BCUT2D eigenvalue weighted by atomic mass is 16.5. The molecule has 4 nitrogen and oxygen atoms in total. The van der Waals surface area contributed by atoms with Crippen molar-refractivity contribution >= 4 is 11.4 Å². The standard InChI is InChI=1S/C29H30N2O2/c1-29(2,23-7-3-21(4-8-23)19-32-27-15-11-25(30)12-16-27)24-9-5-22(6-10-24)20-33-28-17-13-26(31)14-18-28/h3-18H,19-20,30-31H2,1-2H3. The number of hydrogen-bond donors (Lipinski definition) is 2. The van der Waals surface area contributed by atoms with Gasteiger partial charge in [-0.1, -0.05) is 62.4 Å². The summed E-state index contributed by atoms with van der Waals surface area (Å²) in [6.07, 6.45) is 0. The Balaban J connectivity index is 1.37. The third-order valence-electron chi connectivity index (χ3n) is 5.92. The molecule has 4 N–H and O–H groups in total. The minimum absolute atomic E-state index is 0.118. The molecule has 0 heterocycles. The van der Waals surface area contributed by atoms with E-state index in [0.717, 1.165) is 34.0 Å². The summed E-state index contributed by atoms with van der Waals surface area (Å²) in [4.78, 5) is 0. The van der Waals surface area contributed by atoms with Crippen LogP contribution in [0.3, 0.4) is 0 Å². The Morgan fingerprint density at radius 3 is 1.18 bits per heavy atom. The normalized spacial score (nSPS) is 11.2. The zero-order valence-corrected chi connectivity index (χ0v) is 19.1. The van der Waals surface area contributed by atoms with Crippen LogP contribution in [0.25, 0.3) is 0 Å². The molecular weight excluding hydrogens is 408 g/mol. The fourth-order valence-electron chi connectivity index (χ4n) is 3.66. The lowest BCUT2D eigenvalue weighted by Crippen LogP contribution is -2.19. The van der Waals surface area contributed by atoms with Crippen LogP contribution >= 0.6 is 0 Å². The van der Waals surface area contributed by atoms with E-state index < -0.39 is 0 Å². The van der Waals surface area contributed by atoms with Crippen molar-refractivity contribution in [3.8, 4) is 11.5 Å². The smallest absolute Gasteiger partial charge is 0.119 e. The van der Waals surface area contributed by atoms with E-state index in [1.165, 1.54) is 11.1 Å². The second-order valence-electron chi connectivity index (χ2n) is 8.73. The van der Waals surface area contributed by atoms with Crippen molar-refractivity contribution in [1.29, 1.82) is 0 Å². The molecule has 4 aromatic carbocycles. The number of hydrogen-bond acceptors (Lipinski definition) is 4. The van der Waals surface area contributed by atoms with Crippen molar-refractivity contribution in [2.75, 3.05) is 11.5 Å². The molecule has 0 unspecified atom stereocenters.